The van der Waals surface area contributed by atoms with Crippen molar-refractivity contribution in [3.8, 4) is 0 Å². The second-order valence-electron chi connectivity index (χ2n) is 3.51. The summed E-state index contributed by atoms with van der Waals surface area (Å²) >= 11 is 0. The molecule has 2 heterocycles. The molecule has 15 heavy (non-hydrogen) atoms. The summed E-state index contributed by atoms with van der Waals surface area (Å²) in [6.45, 7) is 2.17. The van der Waals surface area contributed by atoms with E-state index >= 15 is 0 Å². The fourth-order valence-corrected chi connectivity index (χ4v) is 1.58. The van der Waals surface area contributed by atoms with Crippen molar-refractivity contribution in [3.63, 3.8) is 0 Å². The third-order valence-electron chi connectivity index (χ3n) is 2.34. The molecule has 1 aliphatic rings. The van der Waals surface area contributed by atoms with E-state index in [1.165, 1.54) is 0 Å². The first-order valence-electron chi connectivity index (χ1n) is 4.97. The number of ether oxygens (including phenoxy) is 1. The molecule has 0 unspecified atom stereocenters. The molecule has 1 fully saturated rings. The Labute approximate surface area is 87.8 Å². The number of cyclic esters (lactones) is 1. The van der Waals surface area contributed by atoms with E-state index in [2.05, 4.69) is 0 Å². The highest BCUT2D eigenvalue weighted by molar-refractivity contribution is 5.68. The number of furan rings is 1. The molecule has 0 spiro atoms. The Bertz CT molecular complexity index is 348. The topological polar surface area (TPSA) is 68.7 Å². The molecule has 1 amide bonds. The molecule has 1 aliphatic heterocycles. The fraction of sp³-hybridized carbons (Fsp3) is 0.500. The van der Waals surface area contributed by atoms with Crippen LogP contribution >= 0.6 is 0 Å². The van der Waals surface area contributed by atoms with E-state index in [9.17, 15) is 4.79 Å². The van der Waals surface area contributed by atoms with Crippen LogP contribution in [0.25, 0.3) is 0 Å². The van der Waals surface area contributed by atoms with Crippen LogP contribution < -0.4 is 5.73 Å². The summed E-state index contributed by atoms with van der Waals surface area (Å²) in [5, 5.41) is 0. The van der Waals surface area contributed by atoms with Crippen LogP contribution in [0.4, 0.5) is 4.79 Å². The van der Waals surface area contributed by atoms with Crippen molar-refractivity contribution in [2.75, 3.05) is 13.2 Å². The van der Waals surface area contributed by atoms with Gasteiger partial charge in [0.15, 0.2) is 0 Å². The van der Waals surface area contributed by atoms with Gasteiger partial charge in [-0.05, 0) is 12.5 Å². The first kappa shape index (κ1) is 10.0. The lowest BCUT2D eigenvalue weighted by atomic mass is 10.2. The number of carbonyl (C=O) groups excluding carboxylic acids is 1. The summed E-state index contributed by atoms with van der Waals surface area (Å²) in [7, 11) is 0. The molecule has 5 nitrogen and oxygen atoms in total. The van der Waals surface area contributed by atoms with Crippen LogP contribution in [0.1, 0.15) is 17.7 Å². The molecule has 0 radical (unpaired) electrons. The van der Waals surface area contributed by atoms with Crippen LogP contribution in [0.2, 0.25) is 0 Å². The van der Waals surface area contributed by atoms with E-state index in [-0.39, 0.29) is 6.09 Å². The molecule has 2 N–H and O–H groups in total. The summed E-state index contributed by atoms with van der Waals surface area (Å²) in [6, 6.07) is 1.86. The van der Waals surface area contributed by atoms with Gasteiger partial charge in [0, 0.05) is 12.1 Å². The van der Waals surface area contributed by atoms with E-state index in [1.807, 2.05) is 6.07 Å². The molecule has 0 aliphatic carbocycles. The van der Waals surface area contributed by atoms with Crippen LogP contribution in [0, 0.1) is 0 Å². The van der Waals surface area contributed by atoms with E-state index in [0.29, 0.717) is 19.7 Å². The Morgan fingerprint density at radius 2 is 2.40 bits per heavy atom. The molecule has 1 aromatic heterocycles. The third-order valence-corrected chi connectivity index (χ3v) is 2.34. The van der Waals surface area contributed by atoms with Crippen molar-refractivity contribution in [2.24, 2.45) is 5.73 Å². The number of amides is 1. The van der Waals surface area contributed by atoms with Crippen molar-refractivity contribution in [3.05, 3.63) is 23.7 Å². The quantitative estimate of drug-likeness (QED) is 0.810. The Morgan fingerprint density at radius 3 is 3.07 bits per heavy atom. The van der Waals surface area contributed by atoms with Gasteiger partial charge < -0.3 is 19.8 Å². The molecular formula is C10H14N2O3. The van der Waals surface area contributed by atoms with Gasteiger partial charge in [0.05, 0.1) is 26.0 Å². The summed E-state index contributed by atoms with van der Waals surface area (Å²) in [4.78, 5) is 13.0. The van der Waals surface area contributed by atoms with Crippen molar-refractivity contribution in [1.29, 1.82) is 0 Å². The fourth-order valence-electron chi connectivity index (χ4n) is 1.58. The summed E-state index contributed by atoms with van der Waals surface area (Å²) < 4.78 is 10.1. The molecule has 0 bridgehead atoms. The number of hydrogen-bond donors (Lipinski definition) is 1. The zero-order chi connectivity index (χ0) is 10.7. The molecule has 2 rings (SSSR count). The first-order chi connectivity index (χ1) is 7.29. The SMILES string of the molecule is NCc1cc(CN2CCCOC2=O)co1. The second kappa shape index (κ2) is 4.35. The maximum absolute atomic E-state index is 11.3. The smallest absolute Gasteiger partial charge is 0.410 e. The van der Waals surface area contributed by atoms with Crippen molar-refractivity contribution >= 4 is 6.09 Å². The number of nitrogens with zero attached hydrogens (tertiary/aromatic N) is 1. The Morgan fingerprint density at radius 1 is 1.53 bits per heavy atom. The summed E-state index contributed by atoms with van der Waals surface area (Å²) in [5.74, 6) is 0.732. The highest BCUT2D eigenvalue weighted by Crippen LogP contribution is 2.13. The molecule has 1 aromatic rings. The summed E-state index contributed by atoms with van der Waals surface area (Å²) in [6.07, 6.45) is 2.26. The van der Waals surface area contributed by atoms with Gasteiger partial charge >= 0.3 is 6.09 Å². The normalized spacial score (nSPS) is 16.6. The van der Waals surface area contributed by atoms with Crippen molar-refractivity contribution in [2.45, 2.75) is 19.5 Å². The van der Waals surface area contributed by atoms with Gasteiger partial charge in [-0.3, -0.25) is 0 Å². The summed E-state index contributed by atoms with van der Waals surface area (Å²) in [5.41, 5.74) is 6.38. The van der Waals surface area contributed by atoms with Gasteiger partial charge in [-0.2, -0.15) is 0 Å². The van der Waals surface area contributed by atoms with Gasteiger partial charge in [-0.25, -0.2) is 4.79 Å². The monoisotopic (exact) mass is 210 g/mol. The van der Waals surface area contributed by atoms with E-state index < -0.39 is 0 Å². The molecule has 1 saturated heterocycles. The van der Waals surface area contributed by atoms with Crippen molar-refractivity contribution < 1.29 is 13.9 Å². The number of nitrogens with two attached hydrogens (primary N) is 1. The molecule has 82 valence electrons. The largest absolute Gasteiger partial charge is 0.468 e. The minimum absolute atomic E-state index is 0.253. The van der Waals surface area contributed by atoms with Crippen LogP contribution in [-0.2, 0) is 17.8 Å². The van der Waals surface area contributed by atoms with Gasteiger partial charge in [0.25, 0.3) is 0 Å². The zero-order valence-corrected chi connectivity index (χ0v) is 8.44. The Balaban J connectivity index is 1.98. The van der Waals surface area contributed by atoms with E-state index in [4.69, 9.17) is 14.9 Å². The number of carbonyl (C=O) groups is 1. The van der Waals surface area contributed by atoms with Crippen LogP contribution in [0.15, 0.2) is 16.7 Å². The van der Waals surface area contributed by atoms with E-state index in [1.54, 1.807) is 11.2 Å². The average Bonchev–Trinajstić information content (AvgIpc) is 2.69. The molecule has 0 atom stereocenters. The highest BCUT2D eigenvalue weighted by atomic mass is 16.6. The van der Waals surface area contributed by atoms with Gasteiger partial charge in [0.1, 0.15) is 5.76 Å². The van der Waals surface area contributed by atoms with Crippen LogP contribution in [0.5, 0.6) is 0 Å². The van der Waals surface area contributed by atoms with Gasteiger partial charge in [0.2, 0.25) is 0 Å². The zero-order valence-electron chi connectivity index (χ0n) is 8.44. The van der Waals surface area contributed by atoms with Crippen LogP contribution in [0.3, 0.4) is 0 Å². The standard InChI is InChI=1S/C10H14N2O3/c11-5-9-4-8(7-15-9)6-12-2-1-3-14-10(12)13/h4,7H,1-3,5-6,11H2. The minimum atomic E-state index is -0.253. The molecule has 0 aromatic carbocycles. The minimum Gasteiger partial charge on any atom is -0.468 e. The number of hydrogen-bond acceptors (Lipinski definition) is 4. The maximum atomic E-state index is 11.3. The predicted molar refractivity (Wildman–Crippen MR) is 53.0 cm³/mol. The molecule has 5 heteroatoms. The Kier molecular flexibility index (Phi) is 2.91. The van der Waals surface area contributed by atoms with Crippen molar-refractivity contribution in [1.82, 2.24) is 4.90 Å². The second-order valence-corrected chi connectivity index (χ2v) is 3.51. The maximum Gasteiger partial charge on any atom is 0.410 e. The van der Waals surface area contributed by atoms with Gasteiger partial charge in [-0.1, -0.05) is 0 Å². The lowest BCUT2D eigenvalue weighted by Crippen LogP contribution is -2.36. The third kappa shape index (κ3) is 2.30. The molecule has 0 saturated carbocycles. The van der Waals surface area contributed by atoms with Gasteiger partial charge in [-0.15, -0.1) is 0 Å². The van der Waals surface area contributed by atoms with E-state index in [0.717, 1.165) is 24.3 Å². The number of rotatable bonds is 3. The lowest BCUT2D eigenvalue weighted by molar-refractivity contribution is 0.0700. The lowest BCUT2D eigenvalue weighted by Gasteiger charge is -2.25. The Hall–Kier alpha value is -1.49. The first-order valence-corrected chi connectivity index (χ1v) is 4.97. The van der Waals surface area contributed by atoms with Crippen LogP contribution in [-0.4, -0.2) is 24.1 Å². The predicted octanol–water partition coefficient (Wildman–Crippen LogP) is 1.08. The highest BCUT2D eigenvalue weighted by Gasteiger charge is 2.20. The average molecular weight is 210 g/mol. The molecular weight excluding hydrogens is 196 g/mol.